The fraction of sp³-hybridized carbons (Fsp3) is 0.105. The van der Waals surface area contributed by atoms with Gasteiger partial charge in [-0.2, -0.15) is 0 Å². The summed E-state index contributed by atoms with van der Waals surface area (Å²) in [5, 5.41) is 8.23. The van der Waals surface area contributed by atoms with Crippen molar-refractivity contribution in [1.29, 1.82) is 0 Å². The lowest BCUT2D eigenvalue weighted by molar-refractivity contribution is 0.596. The molecule has 0 radical (unpaired) electrons. The summed E-state index contributed by atoms with van der Waals surface area (Å²) in [6.07, 6.45) is 1.42. The number of nitrogens with one attached hydrogen (secondary N) is 1. The highest BCUT2D eigenvalue weighted by Gasteiger charge is 2.23. The minimum atomic E-state index is -4.07. The standard InChI is InChI=1S/C19H18FN3O2S/c1-22-12-14-9-10-15(13-6-3-2-4-7-13)17(18(14)20)19-16(26(21,24)25)8-5-11-23-19/h2-11,22H,12H2,1H3,(H2,21,24,25). The van der Waals surface area contributed by atoms with Crippen LogP contribution in [0.5, 0.6) is 0 Å². The molecular weight excluding hydrogens is 353 g/mol. The van der Waals surface area contributed by atoms with Gasteiger partial charge in [-0.1, -0.05) is 42.5 Å². The van der Waals surface area contributed by atoms with Gasteiger partial charge in [0, 0.05) is 23.9 Å². The van der Waals surface area contributed by atoms with Crippen molar-refractivity contribution in [3.8, 4) is 22.4 Å². The third-order valence-corrected chi connectivity index (χ3v) is 4.93. The second-order valence-electron chi connectivity index (χ2n) is 5.75. The molecule has 0 amide bonds. The molecule has 1 aromatic heterocycles. The zero-order valence-corrected chi connectivity index (χ0v) is 14.9. The number of aromatic nitrogens is 1. The Morgan fingerprint density at radius 1 is 1.08 bits per heavy atom. The van der Waals surface area contributed by atoms with Crippen molar-refractivity contribution in [3.05, 3.63) is 72.2 Å². The fourth-order valence-corrected chi connectivity index (χ4v) is 3.54. The molecule has 0 atom stereocenters. The fourth-order valence-electron chi connectivity index (χ4n) is 2.84. The Kier molecular flexibility index (Phi) is 5.13. The number of primary sulfonamides is 1. The lowest BCUT2D eigenvalue weighted by Gasteiger charge is -2.16. The lowest BCUT2D eigenvalue weighted by Crippen LogP contribution is -2.15. The van der Waals surface area contributed by atoms with Crippen LogP contribution in [0.15, 0.2) is 65.7 Å². The van der Waals surface area contributed by atoms with Gasteiger partial charge in [-0.15, -0.1) is 0 Å². The quantitative estimate of drug-likeness (QED) is 0.722. The van der Waals surface area contributed by atoms with Crippen LogP contribution in [0.25, 0.3) is 22.4 Å². The Hall–Kier alpha value is -2.61. The number of nitrogens with two attached hydrogens (primary N) is 1. The van der Waals surface area contributed by atoms with E-state index in [0.717, 1.165) is 5.56 Å². The maximum absolute atomic E-state index is 15.3. The van der Waals surface area contributed by atoms with Gasteiger partial charge in [-0.05, 0) is 30.3 Å². The molecule has 3 N–H and O–H groups in total. The number of halogens is 1. The van der Waals surface area contributed by atoms with E-state index in [4.69, 9.17) is 5.14 Å². The Balaban J connectivity index is 2.38. The van der Waals surface area contributed by atoms with E-state index < -0.39 is 15.8 Å². The van der Waals surface area contributed by atoms with Crippen molar-refractivity contribution < 1.29 is 12.8 Å². The average molecular weight is 371 g/mol. The first kappa shape index (κ1) is 18.2. The first-order valence-electron chi connectivity index (χ1n) is 7.93. The van der Waals surface area contributed by atoms with Crippen LogP contribution in [-0.2, 0) is 16.6 Å². The van der Waals surface area contributed by atoms with Gasteiger partial charge in [-0.3, -0.25) is 4.98 Å². The molecule has 0 aliphatic heterocycles. The van der Waals surface area contributed by atoms with Crippen molar-refractivity contribution in [3.63, 3.8) is 0 Å². The number of sulfonamides is 1. The molecule has 0 aliphatic carbocycles. The van der Waals surface area contributed by atoms with Crippen molar-refractivity contribution in [2.75, 3.05) is 7.05 Å². The van der Waals surface area contributed by atoms with Gasteiger partial charge in [0.05, 0.1) is 5.69 Å². The second-order valence-corrected chi connectivity index (χ2v) is 7.28. The lowest BCUT2D eigenvalue weighted by atomic mass is 9.94. The molecule has 0 unspecified atom stereocenters. The minimum Gasteiger partial charge on any atom is -0.316 e. The molecule has 1 heterocycles. The van der Waals surface area contributed by atoms with Crippen LogP contribution in [0.1, 0.15) is 5.56 Å². The minimum absolute atomic E-state index is 0.00399. The molecule has 7 heteroatoms. The summed E-state index contributed by atoms with van der Waals surface area (Å²) in [6.45, 7) is 0.297. The largest absolute Gasteiger partial charge is 0.316 e. The molecule has 0 aliphatic rings. The summed E-state index contributed by atoms with van der Waals surface area (Å²) >= 11 is 0. The van der Waals surface area contributed by atoms with Gasteiger partial charge < -0.3 is 5.32 Å². The molecule has 0 bridgehead atoms. The molecular formula is C19H18FN3O2S. The monoisotopic (exact) mass is 371 g/mol. The SMILES string of the molecule is CNCc1ccc(-c2ccccc2)c(-c2ncccc2S(N)(=O)=O)c1F. The molecule has 5 nitrogen and oxygen atoms in total. The highest BCUT2D eigenvalue weighted by atomic mass is 32.2. The van der Waals surface area contributed by atoms with E-state index in [1.807, 2.05) is 30.3 Å². The zero-order chi connectivity index (χ0) is 18.7. The molecule has 3 rings (SSSR count). The number of hydrogen-bond acceptors (Lipinski definition) is 4. The van der Waals surface area contributed by atoms with Gasteiger partial charge in [0.15, 0.2) is 0 Å². The first-order chi connectivity index (χ1) is 12.4. The third-order valence-electron chi connectivity index (χ3n) is 3.99. The highest BCUT2D eigenvalue weighted by Crippen LogP contribution is 2.37. The van der Waals surface area contributed by atoms with E-state index in [1.165, 1.54) is 18.3 Å². The molecule has 26 heavy (non-hydrogen) atoms. The maximum atomic E-state index is 15.3. The van der Waals surface area contributed by atoms with Gasteiger partial charge in [0.2, 0.25) is 10.0 Å². The Bertz CT molecular complexity index is 1040. The molecule has 0 saturated heterocycles. The summed E-state index contributed by atoms with van der Waals surface area (Å²) in [5.74, 6) is -0.524. The first-order valence-corrected chi connectivity index (χ1v) is 9.47. The van der Waals surface area contributed by atoms with E-state index in [0.29, 0.717) is 17.7 Å². The van der Waals surface area contributed by atoms with Gasteiger partial charge >= 0.3 is 0 Å². The zero-order valence-electron chi connectivity index (χ0n) is 14.1. The molecule has 3 aromatic rings. The summed E-state index contributed by atoms with van der Waals surface area (Å²) < 4.78 is 39.3. The summed E-state index contributed by atoms with van der Waals surface area (Å²) in [6, 6.07) is 15.4. The van der Waals surface area contributed by atoms with E-state index >= 15 is 4.39 Å². The van der Waals surface area contributed by atoms with E-state index in [9.17, 15) is 8.42 Å². The van der Waals surface area contributed by atoms with Gasteiger partial charge in [0.25, 0.3) is 0 Å². The van der Waals surface area contributed by atoms with Crippen LogP contribution in [0, 0.1) is 5.82 Å². The predicted molar refractivity (Wildman–Crippen MR) is 99.2 cm³/mol. The average Bonchev–Trinajstić information content (AvgIpc) is 2.63. The number of pyridine rings is 1. The predicted octanol–water partition coefficient (Wildman–Crippen LogP) is 2.92. The van der Waals surface area contributed by atoms with E-state index in [1.54, 1.807) is 19.2 Å². The number of nitrogens with zero attached hydrogens (tertiary/aromatic N) is 1. The molecule has 134 valence electrons. The van der Waals surface area contributed by atoms with Gasteiger partial charge in [-0.25, -0.2) is 17.9 Å². The summed E-state index contributed by atoms with van der Waals surface area (Å²) in [5.41, 5.74) is 1.83. The van der Waals surface area contributed by atoms with Crippen molar-refractivity contribution in [1.82, 2.24) is 10.3 Å². The van der Waals surface area contributed by atoms with Crippen molar-refractivity contribution in [2.45, 2.75) is 11.4 Å². The topological polar surface area (TPSA) is 85.1 Å². The second kappa shape index (κ2) is 7.33. The molecule has 2 aromatic carbocycles. The summed E-state index contributed by atoms with van der Waals surface area (Å²) in [7, 11) is -2.36. The van der Waals surface area contributed by atoms with Crippen LogP contribution >= 0.6 is 0 Å². The van der Waals surface area contributed by atoms with Crippen molar-refractivity contribution >= 4 is 10.0 Å². The number of benzene rings is 2. The maximum Gasteiger partial charge on any atom is 0.240 e. The van der Waals surface area contributed by atoms with Crippen molar-refractivity contribution in [2.24, 2.45) is 5.14 Å². The Morgan fingerprint density at radius 2 is 1.81 bits per heavy atom. The molecule has 0 fully saturated rings. The van der Waals surface area contributed by atoms with Crippen LogP contribution in [0.3, 0.4) is 0 Å². The molecule has 0 saturated carbocycles. The Morgan fingerprint density at radius 3 is 2.46 bits per heavy atom. The summed E-state index contributed by atoms with van der Waals surface area (Å²) in [4.78, 5) is 3.93. The van der Waals surface area contributed by atoms with E-state index in [-0.39, 0.29) is 16.2 Å². The Labute approximate surface area is 151 Å². The third kappa shape index (κ3) is 3.50. The normalized spacial score (nSPS) is 11.5. The number of hydrogen-bond donors (Lipinski definition) is 2. The van der Waals surface area contributed by atoms with E-state index in [2.05, 4.69) is 10.3 Å². The van der Waals surface area contributed by atoms with Crippen LogP contribution in [0.2, 0.25) is 0 Å². The number of rotatable bonds is 5. The highest BCUT2D eigenvalue weighted by molar-refractivity contribution is 7.89. The van der Waals surface area contributed by atoms with Crippen LogP contribution < -0.4 is 10.5 Å². The van der Waals surface area contributed by atoms with Crippen LogP contribution in [0.4, 0.5) is 4.39 Å². The van der Waals surface area contributed by atoms with Gasteiger partial charge in [0.1, 0.15) is 10.7 Å². The van der Waals surface area contributed by atoms with Crippen LogP contribution in [-0.4, -0.2) is 20.4 Å². The molecule has 0 spiro atoms. The smallest absolute Gasteiger partial charge is 0.240 e.